The fourth-order valence-corrected chi connectivity index (χ4v) is 1.54. The predicted octanol–water partition coefficient (Wildman–Crippen LogP) is 1.72. The van der Waals surface area contributed by atoms with Crippen molar-refractivity contribution < 1.29 is 14.7 Å². The molecule has 4 nitrogen and oxygen atoms in total. The topological polar surface area (TPSA) is 67.3 Å². The molecule has 1 heterocycles. The van der Waals surface area contributed by atoms with Gasteiger partial charge in [-0.2, -0.15) is 0 Å². The lowest BCUT2D eigenvalue weighted by Gasteiger charge is -2.16. The second-order valence-corrected chi connectivity index (χ2v) is 3.69. The first-order valence-corrected chi connectivity index (χ1v) is 4.70. The van der Waals surface area contributed by atoms with Crippen LogP contribution in [0.15, 0.2) is 18.3 Å². The molecule has 0 aromatic carbocycles. The number of carbonyl (C=O) groups is 2. The molecule has 0 saturated carbocycles. The van der Waals surface area contributed by atoms with Crippen LogP contribution in [0.3, 0.4) is 0 Å². The molecule has 1 atom stereocenters. The number of carboxylic acid groups (broad SMARTS) is 1. The first kappa shape index (κ1) is 11.4. The Bertz CT molecular complexity index is 374. The summed E-state index contributed by atoms with van der Waals surface area (Å²) < 4.78 is 0. The average Bonchev–Trinajstić information content (AvgIpc) is 2.17. The Morgan fingerprint density at radius 3 is 2.67 bits per heavy atom. The van der Waals surface area contributed by atoms with E-state index in [2.05, 4.69) is 4.98 Å². The molecule has 0 aliphatic rings. The molecule has 4 heteroatoms. The number of rotatable bonds is 4. The summed E-state index contributed by atoms with van der Waals surface area (Å²) in [4.78, 5) is 25.3. The monoisotopic (exact) mass is 207 g/mol. The highest BCUT2D eigenvalue weighted by Gasteiger charge is 2.23. The van der Waals surface area contributed by atoms with E-state index in [1.165, 1.54) is 12.3 Å². The number of nitrogens with zero attached hydrogens (tertiary/aromatic N) is 1. The van der Waals surface area contributed by atoms with Gasteiger partial charge in [-0.05, 0) is 23.6 Å². The minimum Gasteiger partial charge on any atom is -0.481 e. The molecule has 1 N–H and O–H groups in total. The molecule has 0 saturated heterocycles. The number of aldehydes is 1. The van der Waals surface area contributed by atoms with E-state index < -0.39 is 11.9 Å². The fraction of sp³-hybridized carbons (Fsp3) is 0.364. The van der Waals surface area contributed by atoms with Gasteiger partial charge in [0.2, 0.25) is 0 Å². The molecule has 1 aromatic heterocycles. The van der Waals surface area contributed by atoms with Crippen LogP contribution in [0.4, 0.5) is 0 Å². The van der Waals surface area contributed by atoms with E-state index >= 15 is 0 Å². The SMILES string of the molecule is CC(C)C(C(=O)O)c1ccnc(C=O)c1. The number of hydrogen-bond donors (Lipinski definition) is 1. The van der Waals surface area contributed by atoms with Crippen LogP contribution in [0.25, 0.3) is 0 Å². The highest BCUT2D eigenvalue weighted by Crippen LogP contribution is 2.24. The van der Waals surface area contributed by atoms with E-state index in [9.17, 15) is 9.59 Å². The summed E-state index contributed by atoms with van der Waals surface area (Å²) in [6.45, 7) is 3.67. The van der Waals surface area contributed by atoms with Gasteiger partial charge in [-0.3, -0.25) is 14.6 Å². The summed E-state index contributed by atoms with van der Waals surface area (Å²) in [5.74, 6) is -1.50. The van der Waals surface area contributed by atoms with E-state index in [1.807, 2.05) is 13.8 Å². The zero-order chi connectivity index (χ0) is 11.4. The van der Waals surface area contributed by atoms with Gasteiger partial charge in [0.1, 0.15) is 5.69 Å². The second-order valence-electron chi connectivity index (χ2n) is 3.69. The number of aromatic nitrogens is 1. The quantitative estimate of drug-likeness (QED) is 0.763. The predicted molar refractivity (Wildman–Crippen MR) is 54.8 cm³/mol. The molecule has 0 fully saturated rings. The Kier molecular flexibility index (Phi) is 3.55. The third kappa shape index (κ3) is 2.62. The molecule has 80 valence electrons. The lowest BCUT2D eigenvalue weighted by Crippen LogP contribution is -2.17. The van der Waals surface area contributed by atoms with E-state index in [0.717, 1.165) is 0 Å². The smallest absolute Gasteiger partial charge is 0.311 e. The molecule has 0 amide bonds. The standard InChI is InChI=1S/C11H13NO3/c1-7(2)10(11(14)15)8-3-4-12-9(5-8)6-13/h3-7,10H,1-2H3,(H,14,15). The zero-order valence-electron chi connectivity index (χ0n) is 8.68. The van der Waals surface area contributed by atoms with Crippen LogP contribution in [0, 0.1) is 5.92 Å². The van der Waals surface area contributed by atoms with Crippen molar-refractivity contribution in [2.45, 2.75) is 19.8 Å². The van der Waals surface area contributed by atoms with Crippen LogP contribution in [0.1, 0.15) is 35.8 Å². The van der Waals surface area contributed by atoms with E-state index in [4.69, 9.17) is 5.11 Å². The first-order valence-electron chi connectivity index (χ1n) is 4.70. The Labute approximate surface area is 88.0 Å². The maximum Gasteiger partial charge on any atom is 0.311 e. The molecule has 0 spiro atoms. The van der Waals surface area contributed by atoms with Gasteiger partial charge in [0.15, 0.2) is 6.29 Å². The average molecular weight is 207 g/mol. The highest BCUT2D eigenvalue weighted by molar-refractivity contribution is 5.78. The summed E-state index contributed by atoms with van der Waals surface area (Å²) in [6, 6.07) is 3.15. The van der Waals surface area contributed by atoms with Gasteiger partial charge < -0.3 is 5.11 Å². The van der Waals surface area contributed by atoms with Crippen LogP contribution < -0.4 is 0 Å². The molecule has 0 radical (unpaired) electrons. The summed E-state index contributed by atoms with van der Waals surface area (Å²) in [6.07, 6.45) is 2.07. The van der Waals surface area contributed by atoms with Crippen molar-refractivity contribution in [3.05, 3.63) is 29.6 Å². The Balaban J connectivity index is 3.11. The van der Waals surface area contributed by atoms with Crippen LogP contribution in [-0.2, 0) is 4.79 Å². The third-order valence-electron chi connectivity index (χ3n) is 2.22. The van der Waals surface area contributed by atoms with Crippen molar-refractivity contribution in [3.63, 3.8) is 0 Å². The van der Waals surface area contributed by atoms with Crippen LogP contribution in [-0.4, -0.2) is 22.3 Å². The Morgan fingerprint density at radius 2 is 2.20 bits per heavy atom. The van der Waals surface area contributed by atoms with Gasteiger partial charge in [-0.1, -0.05) is 13.8 Å². The van der Waals surface area contributed by atoms with Crippen molar-refractivity contribution >= 4 is 12.3 Å². The number of pyridine rings is 1. The number of carboxylic acids is 1. The fourth-order valence-electron chi connectivity index (χ4n) is 1.54. The molecule has 0 aliphatic heterocycles. The van der Waals surface area contributed by atoms with E-state index in [1.54, 1.807) is 6.07 Å². The molecule has 1 rings (SSSR count). The van der Waals surface area contributed by atoms with Crippen molar-refractivity contribution in [2.75, 3.05) is 0 Å². The molecule has 0 aliphatic carbocycles. The molecule has 0 bridgehead atoms. The van der Waals surface area contributed by atoms with Crippen LogP contribution >= 0.6 is 0 Å². The maximum absolute atomic E-state index is 11.0. The summed E-state index contributed by atoms with van der Waals surface area (Å²) in [5, 5.41) is 9.05. The lowest BCUT2D eigenvalue weighted by molar-refractivity contribution is -0.139. The van der Waals surface area contributed by atoms with E-state index in [0.29, 0.717) is 11.8 Å². The van der Waals surface area contributed by atoms with Crippen molar-refractivity contribution in [2.24, 2.45) is 5.92 Å². The van der Waals surface area contributed by atoms with Crippen LogP contribution in [0.2, 0.25) is 0 Å². The molecule has 15 heavy (non-hydrogen) atoms. The van der Waals surface area contributed by atoms with Crippen molar-refractivity contribution in [1.82, 2.24) is 4.98 Å². The summed E-state index contributed by atoms with van der Waals surface area (Å²) in [5.41, 5.74) is 0.883. The van der Waals surface area contributed by atoms with Gasteiger partial charge in [-0.25, -0.2) is 0 Å². The zero-order valence-corrected chi connectivity index (χ0v) is 8.68. The van der Waals surface area contributed by atoms with Crippen molar-refractivity contribution in [1.29, 1.82) is 0 Å². The molecule has 1 unspecified atom stereocenters. The van der Waals surface area contributed by atoms with Crippen LogP contribution in [0.5, 0.6) is 0 Å². The third-order valence-corrected chi connectivity index (χ3v) is 2.22. The van der Waals surface area contributed by atoms with Gasteiger partial charge in [-0.15, -0.1) is 0 Å². The largest absolute Gasteiger partial charge is 0.481 e. The van der Waals surface area contributed by atoms with E-state index in [-0.39, 0.29) is 11.6 Å². The normalized spacial score (nSPS) is 12.5. The molecular weight excluding hydrogens is 194 g/mol. The van der Waals surface area contributed by atoms with Gasteiger partial charge in [0.25, 0.3) is 0 Å². The van der Waals surface area contributed by atoms with Crippen molar-refractivity contribution in [3.8, 4) is 0 Å². The Morgan fingerprint density at radius 1 is 1.53 bits per heavy atom. The second kappa shape index (κ2) is 4.68. The highest BCUT2D eigenvalue weighted by atomic mass is 16.4. The summed E-state index contributed by atoms with van der Waals surface area (Å²) >= 11 is 0. The first-order chi connectivity index (χ1) is 7.06. The number of carbonyl (C=O) groups excluding carboxylic acids is 1. The minimum atomic E-state index is -0.881. The minimum absolute atomic E-state index is 0.0237. The lowest BCUT2D eigenvalue weighted by atomic mass is 9.89. The number of aliphatic carboxylic acids is 1. The van der Waals surface area contributed by atoms with Gasteiger partial charge in [0.05, 0.1) is 5.92 Å². The number of hydrogen-bond acceptors (Lipinski definition) is 3. The molecular formula is C11H13NO3. The van der Waals surface area contributed by atoms with Gasteiger partial charge in [0, 0.05) is 6.20 Å². The van der Waals surface area contributed by atoms with Gasteiger partial charge >= 0.3 is 5.97 Å². The Hall–Kier alpha value is -1.71. The maximum atomic E-state index is 11.0. The summed E-state index contributed by atoms with van der Waals surface area (Å²) in [7, 11) is 0. The molecule has 1 aromatic rings.